The molecule has 1 aromatic carbocycles. The van der Waals surface area contributed by atoms with Gasteiger partial charge in [-0.3, -0.25) is 4.90 Å². The second kappa shape index (κ2) is 12.3. The van der Waals surface area contributed by atoms with Gasteiger partial charge in [-0.05, 0) is 82.9 Å². The zero-order valence-corrected chi connectivity index (χ0v) is 27.9. The fourth-order valence-corrected chi connectivity index (χ4v) is 7.87. The van der Waals surface area contributed by atoms with E-state index >= 15 is 0 Å². The molecule has 0 unspecified atom stereocenters. The van der Waals surface area contributed by atoms with Crippen LogP contribution in [0.5, 0.6) is 11.6 Å². The molecule has 2 aliphatic heterocycles. The smallest absolute Gasteiger partial charge is 0.407 e. The number of rotatable bonds is 9. The van der Waals surface area contributed by atoms with E-state index in [1.165, 1.54) is 18.5 Å². The van der Waals surface area contributed by atoms with Gasteiger partial charge in [0.1, 0.15) is 29.8 Å². The predicted octanol–water partition coefficient (Wildman–Crippen LogP) is 5.98. The standard InChI is InChI=1S/C35H45FN8O3/c1-21(2)30(23-12-25(13-23)41-33(45)47-34(3,4)5)44-17-35(18-44)10-11-43(16-35)31-32(42-40-20-39-31)46-28-9-8-24(36)14-26(28)27-15-37-19-38-29(27)22-6-7-22/h8-9,14-15,19-23,25,30H,6-7,10-13,16-18H2,1-5H3,(H,41,45)/t23?,25?,30-/m0/s1. The van der Waals surface area contributed by atoms with Crippen LogP contribution in [0.15, 0.2) is 37.1 Å². The third-order valence-corrected chi connectivity index (χ3v) is 10.0. The highest BCUT2D eigenvalue weighted by Crippen LogP contribution is 2.48. The maximum Gasteiger partial charge on any atom is 0.407 e. The van der Waals surface area contributed by atoms with E-state index in [2.05, 4.69) is 54.1 Å². The topological polar surface area (TPSA) is 118 Å². The number of carbonyl (C=O) groups is 1. The van der Waals surface area contributed by atoms with E-state index in [1.54, 1.807) is 18.6 Å². The highest BCUT2D eigenvalue weighted by atomic mass is 19.1. The van der Waals surface area contributed by atoms with Gasteiger partial charge in [0.05, 0.1) is 5.69 Å². The Bertz CT molecular complexity index is 1610. The molecule has 47 heavy (non-hydrogen) atoms. The van der Waals surface area contributed by atoms with Crippen LogP contribution in [0.2, 0.25) is 0 Å². The van der Waals surface area contributed by atoms with Crippen molar-refractivity contribution >= 4 is 11.9 Å². The molecule has 2 saturated carbocycles. The Balaban J connectivity index is 1.01. The van der Waals surface area contributed by atoms with Gasteiger partial charge < -0.3 is 19.7 Å². The fraction of sp³-hybridized carbons (Fsp3) is 0.600. The fourth-order valence-electron chi connectivity index (χ4n) is 7.87. The summed E-state index contributed by atoms with van der Waals surface area (Å²) in [5.41, 5.74) is 1.96. The number of nitrogens with one attached hydrogen (secondary N) is 1. The minimum atomic E-state index is -0.495. The van der Waals surface area contributed by atoms with Gasteiger partial charge in [-0.2, -0.15) is 0 Å². The summed E-state index contributed by atoms with van der Waals surface area (Å²) in [5.74, 6) is 2.48. The number of alkyl carbamates (subject to hydrolysis) is 1. The van der Waals surface area contributed by atoms with Crippen molar-refractivity contribution in [2.45, 2.75) is 90.3 Å². The largest absolute Gasteiger partial charge is 0.444 e. The van der Waals surface area contributed by atoms with Crippen LogP contribution >= 0.6 is 0 Å². The normalized spacial score (nSPS) is 22.9. The van der Waals surface area contributed by atoms with E-state index in [9.17, 15) is 9.18 Å². The summed E-state index contributed by atoms with van der Waals surface area (Å²) in [7, 11) is 0. The molecule has 1 spiro atoms. The van der Waals surface area contributed by atoms with Crippen LogP contribution in [0.25, 0.3) is 11.1 Å². The zero-order valence-electron chi connectivity index (χ0n) is 27.9. The van der Waals surface area contributed by atoms with E-state index < -0.39 is 5.60 Å². The van der Waals surface area contributed by atoms with E-state index in [4.69, 9.17) is 9.47 Å². The van der Waals surface area contributed by atoms with Crippen LogP contribution in [0.3, 0.4) is 0 Å². The van der Waals surface area contributed by atoms with Crippen molar-refractivity contribution in [3.05, 3.63) is 48.6 Å². The number of aromatic nitrogens is 5. The van der Waals surface area contributed by atoms with Crippen LogP contribution in [0.4, 0.5) is 15.0 Å². The number of carbonyl (C=O) groups excluding carboxylic acids is 1. The lowest BCUT2D eigenvalue weighted by molar-refractivity contribution is -0.0691. The first kappa shape index (κ1) is 31.7. The van der Waals surface area contributed by atoms with Crippen molar-refractivity contribution in [2.24, 2.45) is 17.3 Å². The van der Waals surface area contributed by atoms with Gasteiger partial charge in [-0.15, -0.1) is 10.2 Å². The van der Waals surface area contributed by atoms with Gasteiger partial charge in [0, 0.05) is 66.9 Å². The number of benzene rings is 1. The minimum absolute atomic E-state index is 0.174. The first-order valence-corrected chi connectivity index (χ1v) is 16.9. The first-order valence-electron chi connectivity index (χ1n) is 16.9. The molecule has 250 valence electrons. The van der Waals surface area contributed by atoms with Crippen molar-refractivity contribution in [2.75, 3.05) is 31.1 Å². The Morgan fingerprint density at radius 1 is 1.09 bits per heavy atom. The molecule has 1 atom stereocenters. The van der Waals surface area contributed by atoms with Crippen molar-refractivity contribution in [1.82, 2.24) is 35.4 Å². The Hall–Kier alpha value is -3.93. The maximum absolute atomic E-state index is 14.5. The third kappa shape index (κ3) is 6.75. The molecule has 2 aliphatic carbocycles. The van der Waals surface area contributed by atoms with Crippen LogP contribution in [-0.4, -0.2) is 80.0 Å². The lowest BCUT2D eigenvalue weighted by Gasteiger charge is -2.56. The average Bonchev–Trinajstić information content (AvgIpc) is 3.73. The number of ether oxygens (including phenoxy) is 2. The van der Waals surface area contributed by atoms with Crippen LogP contribution < -0.4 is 15.0 Å². The molecule has 4 heterocycles. The number of likely N-dealkylation sites (tertiary alicyclic amines) is 1. The number of nitrogens with zero attached hydrogens (tertiary/aromatic N) is 7. The molecule has 4 aliphatic rings. The van der Waals surface area contributed by atoms with Crippen molar-refractivity contribution in [3.8, 4) is 22.8 Å². The maximum atomic E-state index is 14.5. The van der Waals surface area contributed by atoms with Crippen LogP contribution in [0, 0.1) is 23.1 Å². The van der Waals surface area contributed by atoms with E-state index in [1.807, 2.05) is 20.8 Å². The Morgan fingerprint density at radius 2 is 1.87 bits per heavy atom. The van der Waals surface area contributed by atoms with Crippen LogP contribution in [-0.2, 0) is 4.74 Å². The molecule has 7 rings (SSSR count). The lowest BCUT2D eigenvalue weighted by Crippen LogP contribution is -2.65. The molecule has 1 amide bonds. The molecule has 12 heteroatoms. The molecule has 0 radical (unpaired) electrons. The second-order valence-corrected chi connectivity index (χ2v) is 15.3. The number of hydrogen-bond donors (Lipinski definition) is 1. The summed E-state index contributed by atoms with van der Waals surface area (Å²) < 4.78 is 26.4. The second-order valence-electron chi connectivity index (χ2n) is 15.3. The number of halogens is 1. The lowest BCUT2D eigenvalue weighted by atomic mass is 9.68. The predicted molar refractivity (Wildman–Crippen MR) is 175 cm³/mol. The van der Waals surface area contributed by atoms with Crippen molar-refractivity contribution in [1.29, 1.82) is 0 Å². The van der Waals surface area contributed by atoms with Crippen LogP contribution in [0.1, 0.15) is 78.3 Å². The molecule has 1 N–H and O–H groups in total. The van der Waals surface area contributed by atoms with E-state index in [0.29, 0.717) is 46.8 Å². The summed E-state index contributed by atoms with van der Waals surface area (Å²) in [4.78, 5) is 30.5. The van der Waals surface area contributed by atoms with Gasteiger partial charge in [0.15, 0.2) is 5.82 Å². The molecular formula is C35H45FN8O3. The highest BCUT2D eigenvalue weighted by Gasteiger charge is 2.53. The zero-order chi connectivity index (χ0) is 32.9. The van der Waals surface area contributed by atoms with E-state index in [-0.39, 0.29) is 23.4 Å². The summed E-state index contributed by atoms with van der Waals surface area (Å²) in [5, 5.41) is 11.4. The third-order valence-electron chi connectivity index (χ3n) is 10.0. The highest BCUT2D eigenvalue weighted by molar-refractivity contribution is 5.73. The molecule has 11 nitrogen and oxygen atoms in total. The molecular weight excluding hydrogens is 599 g/mol. The summed E-state index contributed by atoms with van der Waals surface area (Å²) in [6.45, 7) is 14.0. The average molecular weight is 645 g/mol. The number of hydrogen-bond acceptors (Lipinski definition) is 10. The molecule has 0 bridgehead atoms. The Morgan fingerprint density at radius 3 is 2.60 bits per heavy atom. The van der Waals surface area contributed by atoms with Crippen molar-refractivity contribution < 1.29 is 18.7 Å². The summed E-state index contributed by atoms with van der Waals surface area (Å²) >= 11 is 0. The van der Waals surface area contributed by atoms with Gasteiger partial charge in [-0.25, -0.2) is 24.1 Å². The molecule has 4 fully saturated rings. The number of anilines is 1. The van der Waals surface area contributed by atoms with E-state index in [0.717, 1.165) is 69.5 Å². The first-order chi connectivity index (χ1) is 22.5. The Labute approximate surface area is 275 Å². The minimum Gasteiger partial charge on any atom is -0.444 e. The van der Waals surface area contributed by atoms with Gasteiger partial charge >= 0.3 is 6.09 Å². The monoisotopic (exact) mass is 644 g/mol. The van der Waals surface area contributed by atoms with Gasteiger partial charge in [0.25, 0.3) is 5.88 Å². The molecule has 2 aromatic heterocycles. The SMILES string of the molecule is CC(C)[C@@H](C1CC(NC(=O)OC(C)(C)C)C1)N1CC2(CCN(c3ncnnc3Oc3ccc(F)cc3-c3cncnc3C3CC3)C2)C1. The summed E-state index contributed by atoms with van der Waals surface area (Å²) in [6.07, 6.45) is 9.54. The summed E-state index contributed by atoms with van der Waals surface area (Å²) in [6, 6.07) is 5.14. The Kier molecular flexibility index (Phi) is 8.26. The number of amides is 1. The van der Waals surface area contributed by atoms with Gasteiger partial charge in [-0.1, -0.05) is 13.8 Å². The molecule has 2 saturated heterocycles. The quantitative estimate of drug-likeness (QED) is 0.298. The van der Waals surface area contributed by atoms with Crippen molar-refractivity contribution in [3.63, 3.8) is 0 Å². The molecule has 3 aromatic rings. The van der Waals surface area contributed by atoms with Gasteiger partial charge in [0.2, 0.25) is 0 Å².